The maximum absolute atomic E-state index is 13.2. The van der Waals surface area contributed by atoms with E-state index in [1.807, 2.05) is 0 Å². The van der Waals surface area contributed by atoms with Crippen molar-refractivity contribution in [3.63, 3.8) is 0 Å². The number of rotatable bonds is 4. The lowest BCUT2D eigenvalue weighted by Gasteiger charge is -1.97. The lowest BCUT2D eigenvalue weighted by molar-refractivity contribution is -0.118. The standard InChI is InChI=1S/C12H12FN3O/c1-9(17)15-5-3-2-4-10-6-11(13)12(7-14)16-8-10/h2,4,6,8H,3,5H2,1H3,(H,15,17). The van der Waals surface area contributed by atoms with Crippen LogP contribution in [0.1, 0.15) is 24.6 Å². The minimum atomic E-state index is -0.628. The van der Waals surface area contributed by atoms with Crippen LogP contribution in [0.2, 0.25) is 0 Å². The minimum Gasteiger partial charge on any atom is -0.356 e. The van der Waals surface area contributed by atoms with E-state index >= 15 is 0 Å². The average Bonchev–Trinajstić information content (AvgIpc) is 2.28. The van der Waals surface area contributed by atoms with E-state index in [2.05, 4.69) is 10.3 Å². The molecule has 0 fully saturated rings. The number of carbonyl (C=O) groups excluding carboxylic acids is 1. The van der Waals surface area contributed by atoms with Crippen LogP contribution < -0.4 is 5.32 Å². The molecule has 0 aromatic carbocycles. The number of amides is 1. The molecule has 0 aliphatic rings. The van der Waals surface area contributed by atoms with Gasteiger partial charge >= 0.3 is 0 Å². The highest BCUT2D eigenvalue weighted by atomic mass is 19.1. The molecule has 0 unspecified atom stereocenters. The zero-order valence-corrected chi connectivity index (χ0v) is 9.40. The van der Waals surface area contributed by atoms with Crippen molar-refractivity contribution in [3.05, 3.63) is 35.4 Å². The van der Waals surface area contributed by atoms with Gasteiger partial charge in [0, 0.05) is 19.7 Å². The minimum absolute atomic E-state index is 0.0792. The average molecular weight is 233 g/mol. The molecule has 0 spiro atoms. The topological polar surface area (TPSA) is 65.8 Å². The highest BCUT2D eigenvalue weighted by Gasteiger charge is 2.01. The SMILES string of the molecule is CC(=O)NCCC=Cc1cnc(C#N)c(F)c1. The van der Waals surface area contributed by atoms with Gasteiger partial charge in [-0.05, 0) is 18.1 Å². The van der Waals surface area contributed by atoms with Gasteiger partial charge < -0.3 is 5.32 Å². The van der Waals surface area contributed by atoms with Crippen LogP contribution in [0.4, 0.5) is 4.39 Å². The molecule has 1 aromatic rings. The maximum atomic E-state index is 13.2. The zero-order valence-electron chi connectivity index (χ0n) is 9.40. The summed E-state index contributed by atoms with van der Waals surface area (Å²) < 4.78 is 13.2. The molecule has 1 N–H and O–H groups in total. The number of nitrogens with one attached hydrogen (secondary N) is 1. The third kappa shape index (κ3) is 4.43. The number of halogens is 1. The van der Waals surface area contributed by atoms with Crippen molar-refractivity contribution in [2.75, 3.05) is 6.54 Å². The summed E-state index contributed by atoms with van der Waals surface area (Å²) in [5.41, 5.74) is 0.379. The molecule has 1 amide bonds. The van der Waals surface area contributed by atoms with E-state index in [4.69, 9.17) is 5.26 Å². The Balaban J connectivity index is 2.52. The van der Waals surface area contributed by atoms with Gasteiger partial charge in [0.15, 0.2) is 11.5 Å². The van der Waals surface area contributed by atoms with E-state index < -0.39 is 5.82 Å². The number of pyridine rings is 1. The zero-order chi connectivity index (χ0) is 12.7. The Labute approximate surface area is 98.8 Å². The number of nitriles is 1. The highest BCUT2D eigenvalue weighted by Crippen LogP contribution is 2.07. The Morgan fingerprint density at radius 2 is 2.47 bits per heavy atom. The summed E-state index contributed by atoms with van der Waals surface area (Å²) in [5, 5.41) is 11.1. The predicted octanol–water partition coefficient (Wildman–Crippen LogP) is 1.63. The smallest absolute Gasteiger partial charge is 0.216 e. The molecule has 1 heterocycles. The molecule has 17 heavy (non-hydrogen) atoms. The van der Waals surface area contributed by atoms with Crippen molar-refractivity contribution >= 4 is 12.0 Å². The lowest BCUT2D eigenvalue weighted by Crippen LogP contribution is -2.20. The maximum Gasteiger partial charge on any atom is 0.216 e. The predicted molar refractivity (Wildman–Crippen MR) is 61.2 cm³/mol. The number of nitrogens with zero attached hydrogens (tertiary/aromatic N) is 2. The largest absolute Gasteiger partial charge is 0.356 e. The van der Waals surface area contributed by atoms with Crippen LogP contribution in [0.15, 0.2) is 18.3 Å². The molecule has 5 heteroatoms. The molecule has 0 aliphatic carbocycles. The molecular formula is C12H12FN3O. The fourth-order valence-electron chi connectivity index (χ4n) is 1.18. The number of aromatic nitrogens is 1. The second kappa shape index (κ2) is 6.38. The third-order valence-corrected chi connectivity index (χ3v) is 1.96. The first-order valence-corrected chi connectivity index (χ1v) is 5.10. The highest BCUT2D eigenvalue weighted by molar-refractivity contribution is 5.72. The third-order valence-electron chi connectivity index (χ3n) is 1.96. The van der Waals surface area contributed by atoms with Crippen LogP contribution >= 0.6 is 0 Å². The molecule has 0 aliphatic heterocycles. The summed E-state index contributed by atoms with van der Waals surface area (Å²) in [6.45, 7) is 1.99. The monoisotopic (exact) mass is 233 g/mol. The summed E-state index contributed by atoms with van der Waals surface area (Å²) in [5.74, 6) is -0.707. The van der Waals surface area contributed by atoms with Gasteiger partial charge in [-0.2, -0.15) is 5.26 Å². The first-order valence-electron chi connectivity index (χ1n) is 5.10. The fraction of sp³-hybridized carbons (Fsp3) is 0.250. The van der Waals surface area contributed by atoms with Crippen molar-refractivity contribution < 1.29 is 9.18 Å². The quantitative estimate of drug-likeness (QED) is 0.804. The Morgan fingerprint density at radius 3 is 3.06 bits per heavy atom. The van der Waals surface area contributed by atoms with Crippen LogP contribution in [0.25, 0.3) is 6.08 Å². The Bertz CT molecular complexity index is 477. The first kappa shape index (κ1) is 12.8. The Hall–Kier alpha value is -2.22. The van der Waals surface area contributed by atoms with E-state index in [0.717, 1.165) is 0 Å². The van der Waals surface area contributed by atoms with E-state index in [-0.39, 0.29) is 11.6 Å². The van der Waals surface area contributed by atoms with Gasteiger partial charge in [-0.15, -0.1) is 0 Å². The van der Waals surface area contributed by atoms with Gasteiger partial charge in [0.1, 0.15) is 6.07 Å². The van der Waals surface area contributed by atoms with E-state index in [9.17, 15) is 9.18 Å². The summed E-state index contributed by atoms with van der Waals surface area (Å²) in [6, 6.07) is 2.90. The molecule has 0 radical (unpaired) electrons. The molecule has 0 atom stereocenters. The molecule has 88 valence electrons. The Kier molecular flexibility index (Phi) is 4.82. The van der Waals surface area contributed by atoms with Crippen LogP contribution in [-0.2, 0) is 4.79 Å². The van der Waals surface area contributed by atoms with Gasteiger partial charge in [0.25, 0.3) is 0 Å². The molecule has 0 saturated heterocycles. The molecule has 1 rings (SSSR count). The molecule has 1 aromatic heterocycles. The van der Waals surface area contributed by atoms with Gasteiger partial charge in [0.05, 0.1) is 0 Å². The van der Waals surface area contributed by atoms with E-state index in [1.54, 1.807) is 18.2 Å². The Morgan fingerprint density at radius 1 is 1.71 bits per heavy atom. The second-order valence-electron chi connectivity index (χ2n) is 3.38. The van der Waals surface area contributed by atoms with Crippen LogP contribution in [0.3, 0.4) is 0 Å². The molecular weight excluding hydrogens is 221 g/mol. The molecule has 0 saturated carbocycles. The summed E-state index contributed by atoms with van der Waals surface area (Å²) >= 11 is 0. The van der Waals surface area contributed by atoms with Gasteiger partial charge in [-0.25, -0.2) is 9.37 Å². The number of carbonyl (C=O) groups is 1. The first-order chi connectivity index (χ1) is 8.13. The van der Waals surface area contributed by atoms with Gasteiger partial charge in [-0.3, -0.25) is 4.79 Å². The van der Waals surface area contributed by atoms with E-state index in [1.165, 1.54) is 19.2 Å². The summed E-state index contributed by atoms with van der Waals surface area (Å²) in [6.07, 6.45) is 5.58. The second-order valence-corrected chi connectivity index (χ2v) is 3.38. The number of hydrogen-bond acceptors (Lipinski definition) is 3. The summed E-state index contributed by atoms with van der Waals surface area (Å²) in [7, 11) is 0. The molecule has 0 bridgehead atoms. The summed E-state index contributed by atoms with van der Waals surface area (Å²) in [4.78, 5) is 14.2. The molecule has 4 nitrogen and oxygen atoms in total. The number of hydrogen-bond donors (Lipinski definition) is 1. The van der Waals surface area contributed by atoms with Crippen LogP contribution in [-0.4, -0.2) is 17.4 Å². The van der Waals surface area contributed by atoms with Crippen LogP contribution in [0.5, 0.6) is 0 Å². The van der Waals surface area contributed by atoms with Gasteiger partial charge in [-0.1, -0.05) is 12.2 Å². The lowest BCUT2D eigenvalue weighted by atomic mass is 10.2. The van der Waals surface area contributed by atoms with Crippen LogP contribution in [0, 0.1) is 17.1 Å². The van der Waals surface area contributed by atoms with Crippen molar-refractivity contribution in [1.82, 2.24) is 10.3 Å². The van der Waals surface area contributed by atoms with Crippen molar-refractivity contribution in [1.29, 1.82) is 5.26 Å². The van der Waals surface area contributed by atoms with Gasteiger partial charge in [0.2, 0.25) is 5.91 Å². The normalized spacial score (nSPS) is 10.2. The van der Waals surface area contributed by atoms with Crippen molar-refractivity contribution in [2.24, 2.45) is 0 Å². The van der Waals surface area contributed by atoms with Crippen molar-refractivity contribution in [3.8, 4) is 6.07 Å². The fourth-order valence-corrected chi connectivity index (χ4v) is 1.18. The van der Waals surface area contributed by atoms with E-state index in [0.29, 0.717) is 18.5 Å². The van der Waals surface area contributed by atoms with Crippen molar-refractivity contribution in [2.45, 2.75) is 13.3 Å².